The summed E-state index contributed by atoms with van der Waals surface area (Å²) in [6, 6.07) is 0. The van der Waals surface area contributed by atoms with Crippen LogP contribution >= 0.6 is 7.60 Å². The van der Waals surface area contributed by atoms with Gasteiger partial charge in [-0.2, -0.15) is 0 Å². The van der Waals surface area contributed by atoms with E-state index in [0.717, 1.165) is 32.1 Å². The molecule has 0 saturated carbocycles. The van der Waals surface area contributed by atoms with E-state index in [1.54, 1.807) is 0 Å². The predicted molar refractivity (Wildman–Crippen MR) is 118 cm³/mol. The summed E-state index contributed by atoms with van der Waals surface area (Å²) in [6.07, 6.45) is 17.8. The molecule has 0 saturated heterocycles. The smallest absolute Gasteiger partial charge is 0.359 e. The van der Waals surface area contributed by atoms with Crippen molar-refractivity contribution in [2.24, 2.45) is 0 Å². The number of hydrogen-bond donors (Lipinski definition) is 3. The van der Waals surface area contributed by atoms with Crippen molar-refractivity contribution < 1.29 is 33.4 Å². The second-order valence-electron chi connectivity index (χ2n) is 7.93. The Morgan fingerprint density at radius 1 is 0.933 bits per heavy atom. The van der Waals surface area contributed by atoms with Gasteiger partial charge in [0.2, 0.25) is 5.91 Å². The van der Waals surface area contributed by atoms with E-state index >= 15 is 0 Å². The van der Waals surface area contributed by atoms with Crippen molar-refractivity contribution in [2.45, 2.75) is 115 Å². The molecule has 0 aromatic rings. The van der Waals surface area contributed by atoms with Crippen LogP contribution in [-0.2, 0) is 14.1 Å². The first-order valence-electron chi connectivity index (χ1n) is 11.4. The first-order valence-corrected chi connectivity index (χ1v) is 13.1. The van der Waals surface area contributed by atoms with Gasteiger partial charge < -0.3 is 19.6 Å². The number of carbonyl (C=O) groups excluding carboxylic acids is 1. The summed E-state index contributed by atoms with van der Waals surface area (Å²) >= 11 is 0. The second kappa shape index (κ2) is 19.0. The Kier molecular flexibility index (Phi) is 18.5. The van der Waals surface area contributed by atoms with Crippen LogP contribution in [0.4, 0.5) is 4.39 Å². The van der Waals surface area contributed by atoms with Crippen LogP contribution in [-0.4, -0.2) is 39.5 Å². The number of unbranched alkanes of at least 4 members (excludes halogenated alkanes) is 11. The van der Waals surface area contributed by atoms with E-state index in [-0.39, 0.29) is 6.42 Å². The van der Waals surface area contributed by atoms with E-state index in [4.69, 9.17) is 14.5 Å². The Morgan fingerprint density at radius 3 is 1.97 bits per heavy atom. The van der Waals surface area contributed by atoms with Crippen molar-refractivity contribution in [1.29, 1.82) is 0 Å². The zero-order valence-corrected chi connectivity index (χ0v) is 19.4. The molecule has 2 atom stereocenters. The van der Waals surface area contributed by atoms with Gasteiger partial charge in [0.15, 0.2) is 0 Å². The lowest BCUT2D eigenvalue weighted by Gasteiger charge is -2.15. The van der Waals surface area contributed by atoms with E-state index in [2.05, 4.69) is 19.1 Å². The average molecular weight is 453 g/mol. The number of carbonyl (C=O) groups is 1. The maximum absolute atomic E-state index is 13.1. The third-order valence-electron chi connectivity index (χ3n) is 4.91. The zero-order valence-electron chi connectivity index (χ0n) is 18.5. The van der Waals surface area contributed by atoms with Crippen molar-refractivity contribution >= 4 is 13.6 Å². The summed E-state index contributed by atoms with van der Waals surface area (Å²) < 4.78 is 28.6. The Balaban J connectivity index is 3.46. The Bertz CT molecular complexity index is 494. The van der Waals surface area contributed by atoms with Gasteiger partial charge in [0, 0.05) is 12.8 Å². The van der Waals surface area contributed by atoms with Gasteiger partial charge in [0.1, 0.15) is 6.61 Å². The number of alkyl halides is 1. The van der Waals surface area contributed by atoms with E-state index < -0.39 is 38.6 Å². The molecule has 0 bridgehead atoms. The molecule has 0 aromatic heterocycles. The molecular weight excluding hydrogens is 410 g/mol. The molecule has 8 heteroatoms. The monoisotopic (exact) mass is 452 g/mol. The third kappa shape index (κ3) is 19.2. The minimum Gasteiger partial charge on any atom is -0.463 e. The molecular formula is C22H42FO6P. The zero-order chi connectivity index (χ0) is 22.7. The molecule has 0 aliphatic heterocycles. The molecule has 0 aliphatic carbocycles. The van der Waals surface area contributed by atoms with Gasteiger partial charge >= 0.3 is 13.6 Å². The predicted octanol–water partition coefficient (Wildman–Crippen LogP) is 5.79. The largest absolute Gasteiger partial charge is 0.463 e. The number of aliphatic hydroxyl groups is 1. The topological polar surface area (TPSA) is 104 Å². The molecule has 0 radical (unpaired) electrons. The second-order valence-corrected chi connectivity index (χ2v) is 9.67. The average Bonchev–Trinajstić information content (AvgIpc) is 2.68. The number of rotatable bonds is 20. The van der Waals surface area contributed by atoms with Gasteiger partial charge in [0.25, 0.3) is 0 Å². The molecule has 0 aromatic carbocycles. The number of halogens is 1. The molecule has 0 amide bonds. The maximum atomic E-state index is 13.1. The molecule has 3 N–H and O–H groups in total. The van der Waals surface area contributed by atoms with Gasteiger partial charge in [-0.3, -0.25) is 9.36 Å². The molecule has 178 valence electrons. The number of aliphatic hydroxyl groups excluding tert-OH is 1. The van der Waals surface area contributed by atoms with Crippen LogP contribution in [0.5, 0.6) is 0 Å². The Morgan fingerprint density at radius 2 is 1.43 bits per heavy atom. The van der Waals surface area contributed by atoms with Crippen LogP contribution in [0.3, 0.4) is 0 Å². The summed E-state index contributed by atoms with van der Waals surface area (Å²) in [5, 5.41) is 9.47. The van der Waals surface area contributed by atoms with E-state index in [1.165, 1.54) is 44.9 Å². The molecule has 0 rings (SSSR count). The molecule has 30 heavy (non-hydrogen) atoms. The van der Waals surface area contributed by atoms with Gasteiger partial charge in [-0.15, -0.1) is 0 Å². The van der Waals surface area contributed by atoms with Crippen molar-refractivity contribution in [3.05, 3.63) is 12.2 Å². The summed E-state index contributed by atoms with van der Waals surface area (Å²) in [5.74, 6) is -2.94. The van der Waals surface area contributed by atoms with Crippen molar-refractivity contribution in [3.8, 4) is 0 Å². The van der Waals surface area contributed by atoms with Gasteiger partial charge in [-0.1, -0.05) is 70.4 Å². The fourth-order valence-electron chi connectivity index (χ4n) is 3.03. The van der Waals surface area contributed by atoms with E-state index in [0.29, 0.717) is 6.42 Å². The molecule has 0 spiro atoms. The fourth-order valence-corrected chi connectivity index (χ4v) is 3.55. The lowest BCUT2D eigenvalue weighted by molar-refractivity contribution is -0.147. The van der Waals surface area contributed by atoms with Gasteiger partial charge in [-0.25, -0.2) is 4.39 Å². The van der Waals surface area contributed by atoms with Crippen molar-refractivity contribution in [2.75, 3.05) is 6.61 Å². The highest BCUT2D eigenvalue weighted by molar-refractivity contribution is 7.52. The lowest BCUT2D eigenvalue weighted by Crippen LogP contribution is -2.22. The summed E-state index contributed by atoms with van der Waals surface area (Å²) in [5.41, 5.74) is 0. The number of hydrogen-bond acceptors (Lipinski definition) is 4. The van der Waals surface area contributed by atoms with E-state index in [1.807, 2.05) is 0 Å². The molecule has 1 unspecified atom stereocenters. The molecule has 0 fully saturated rings. The van der Waals surface area contributed by atoms with E-state index in [9.17, 15) is 18.9 Å². The fraction of sp³-hybridized carbons (Fsp3) is 0.864. The molecule has 0 aliphatic rings. The highest BCUT2D eigenvalue weighted by Crippen LogP contribution is 2.44. The highest BCUT2D eigenvalue weighted by Gasteiger charge is 2.31. The Hall–Kier alpha value is -0.750. The van der Waals surface area contributed by atoms with Crippen molar-refractivity contribution in [1.82, 2.24) is 0 Å². The first kappa shape index (κ1) is 29.2. The minimum absolute atomic E-state index is 0.225. The van der Waals surface area contributed by atoms with Crippen LogP contribution in [0.25, 0.3) is 0 Å². The van der Waals surface area contributed by atoms with Crippen LogP contribution in [0, 0.1) is 0 Å². The molecule has 0 heterocycles. The lowest BCUT2D eigenvalue weighted by atomic mass is 10.1. The van der Waals surface area contributed by atoms with Gasteiger partial charge in [0.05, 0.1) is 6.10 Å². The summed E-state index contributed by atoms with van der Waals surface area (Å²) in [7, 11) is -4.88. The highest BCUT2D eigenvalue weighted by atomic mass is 31.2. The SMILES string of the molecule is CCCCCCCCC=CCCCCCCCC(=O)OC[C@@H](O)CC(F)P(=O)(O)O. The van der Waals surface area contributed by atoms with Crippen LogP contribution in [0.1, 0.15) is 103 Å². The van der Waals surface area contributed by atoms with Crippen molar-refractivity contribution in [3.63, 3.8) is 0 Å². The van der Waals surface area contributed by atoms with Gasteiger partial charge in [-0.05, 0) is 32.1 Å². The van der Waals surface area contributed by atoms with Crippen LogP contribution < -0.4 is 0 Å². The standard InChI is InChI=1S/C22H42FO6P/c1-2-3-4-5-6-7-8-9-10-11-12-13-14-15-16-17-22(25)29-19-20(24)18-21(23)30(26,27)28/h9-10,20-21,24H,2-8,11-19H2,1H3,(H2,26,27,28)/t20-,21?/m0/s1. The minimum atomic E-state index is -4.88. The van der Waals surface area contributed by atoms with Crippen LogP contribution in [0.2, 0.25) is 0 Å². The third-order valence-corrected chi connectivity index (χ3v) is 5.85. The quantitative estimate of drug-likeness (QED) is 0.0934. The number of esters is 1. The first-order chi connectivity index (χ1) is 14.3. The Labute approximate surface area is 181 Å². The summed E-state index contributed by atoms with van der Waals surface area (Å²) in [4.78, 5) is 28.8. The normalized spacial score (nSPS) is 14.2. The summed E-state index contributed by atoms with van der Waals surface area (Å²) in [6.45, 7) is 1.78. The maximum Gasteiger partial charge on any atom is 0.359 e. The number of allylic oxidation sites excluding steroid dienone is 2. The molecule has 6 nitrogen and oxygen atoms in total. The number of ether oxygens (including phenoxy) is 1. The van der Waals surface area contributed by atoms with Crippen LogP contribution in [0.15, 0.2) is 12.2 Å².